The van der Waals surface area contributed by atoms with Crippen LogP contribution in [0, 0.1) is 0 Å². The average Bonchev–Trinajstić information content (AvgIpc) is 3.00. The first-order valence-electron chi connectivity index (χ1n) is 13.7. The van der Waals surface area contributed by atoms with Crippen molar-refractivity contribution in [1.82, 2.24) is 16.0 Å². The van der Waals surface area contributed by atoms with E-state index in [1.54, 1.807) is 18.2 Å². The summed E-state index contributed by atoms with van der Waals surface area (Å²) in [5.74, 6) is -2.51. The summed E-state index contributed by atoms with van der Waals surface area (Å²) in [6.45, 7) is 14.0. The highest BCUT2D eigenvalue weighted by atomic mass is 16.6. The average molecular weight is 642 g/mol. The third-order valence-corrected chi connectivity index (χ3v) is 5.38. The Kier molecular flexibility index (Phi) is 14.3. The minimum Gasteiger partial charge on any atom is -0.460 e. The van der Waals surface area contributed by atoms with Crippen LogP contribution in [0.1, 0.15) is 20.8 Å². The van der Waals surface area contributed by atoms with Gasteiger partial charge in [-0.1, -0.05) is 44.0 Å². The van der Waals surface area contributed by atoms with Crippen LogP contribution in [0.4, 0.5) is 14.4 Å². The minimum atomic E-state index is -1.02. The maximum atomic E-state index is 12.7. The summed E-state index contributed by atoms with van der Waals surface area (Å²) in [4.78, 5) is 72.5. The van der Waals surface area contributed by atoms with Gasteiger partial charge in [-0.15, -0.1) is 0 Å². The van der Waals surface area contributed by atoms with E-state index in [-0.39, 0.29) is 78.8 Å². The fourth-order valence-electron chi connectivity index (χ4n) is 3.22. The normalized spacial score (nSPS) is 10.1. The Morgan fingerprint density at radius 2 is 0.935 bits per heavy atom. The van der Waals surface area contributed by atoms with Gasteiger partial charge < -0.3 is 44.4 Å². The number of hydrogen-bond acceptors (Lipinski definition) is 12. The monoisotopic (exact) mass is 641 g/mol. The molecule has 2 rings (SSSR count). The van der Waals surface area contributed by atoms with Gasteiger partial charge >= 0.3 is 36.2 Å². The number of fused-ring (bicyclic) bond motifs is 1. The molecule has 0 bridgehead atoms. The van der Waals surface area contributed by atoms with Gasteiger partial charge in [-0.05, 0) is 20.8 Å². The molecule has 0 saturated carbocycles. The molecule has 3 amide bonds. The van der Waals surface area contributed by atoms with Gasteiger partial charge in [-0.25, -0.2) is 28.8 Å². The summed E-state index contributed by atoms with van der Waals surface area (Å²) in [5.41, 5.74) is 0.559. The van der Waals surface area contributed by atoms with Crippen LogP contribution in [-0.2, 0) is 28.6 Å². The number of benzene rings is 2. The summed E-state index contributed by atoms with van der Waals surface area (Å²) in [7, 11) is 0. The van der Waals surface area contributed by atoms with Gasteiger partial charge in [0.15, 0.2) is 11.5 Å². The van der Waals surface area contributed by atoms with Crippen molar-refractivity contribution < 1.29 is 57.2 Å². The predicted molar refractivity (Wildman–Crippen MR) is 163 cm³/mol. The van der Waals surface area contributed by atoms with E-state index in [4.69, 9.17) is 28.4 Å². The Morgan fingerprint density at radius 3 is 1.35 bits per heavy atom. The highest BCUT2D eigenvalue weighted by Gasteiger charge is 2.22. The van der Waals surface area contributed by atoms with Gasteiger partial charge in [0.05, 0.1) is 19.6 Å². The maximum absolute atomic E-state index is 12.7. The lowest BCUT2D eigenvalue weighted by molar-refractivity contribution is -0.139. The van der Waals surface area contributed by atoms with Crippen molar-refractivity contribution >= 4 is 47.0 Å². The molecule has 2 aromatic carbocycles. The molecular formula is C31H35N3O12. The lowest BCUT2D eigenvalue weighted by Gasteiger charge is -2.17. The van der Waals surface area contributed by atoms with Crippen molar-refractivity contribution in [3.63, 3.8) is 0 Å². The van der Waals surface area contributed by atoms with Crippen LogP contribution in [0.2, 0.25) is 0 Å². The maximum Gasteiger partial charge on any atom is 0.412 e. The molecule has 0 atom stereocenters. The number of carbonyl (C=O) groups is 6. The summed E-state index contributed by atoms with van der Waals surface area (Å²) in [5, 5.41) is 7.71. The Hall–Kier alpha value is -5.86. The van der Waals surface area contributed by atoms with Gasteiger partial charge in [-0.2, -0.15) is 0 Å². The summed E-state index contributed by atoms with van der Waals surface area (Å²) < 4.78 is 31.1. The van der Waals surface area contributed by atoms with Crippen LogP contribution in [0.25, 0.3) is 10.8 Å². The fourth-order valence-corrected chi connectivity index (χ4v) is 3.22. The molecule has 2 aromatic rings. The minimum absolute atomic E-state index is 0.0790. The molecular weight excluding hydrogens is 606 g/mol. The molecule has 15 nitrogen and oxygen atoms in total. The molecule has 0 spiro atoms. The Labute approximate surface area is 264 Å². The highest BCUT2D eigenvalue weighted by Crippen LogP contribution is 2.42. The van der Waals surface area contributed by atoms with E-state index in [1.807, 2.05) is 0 Å². The zero-order valence-corrected chi connectivity index (χ0v) is 25.6. The van der Waals surface area contributed by atoms with Crippen LogP contribution in [0.5, 0.6) is 17.2 Å². The van der Waals surface area contributed by atoms with E-state index in [1.165, 1.54) is 26.8 Å². The summed E-state index contributed by atoms with van der Waals surface area (Å²) in [6.07, 6.45) is -2.93. The summed E-state index contributed by atoms with van der Waals surface area (Å²) in [6, 6.07) is 7.47. The number of carbonyl (C=O) groups excluding carboxylic acids is 6. The molecule has 0 fully saturated rings. The molecule has 0 aromatic heterocycles. The Balaban J connectivity index is 2.26. The molecule has 0 unspecified atom stereocenters. The van der Waals surface area contributed by atoms with Crippen molar-refractivity contribution in [2.75, 3.05) is 39.5 Å². The molecule has 0 aliphatic rings. The van der Waals surface area contributed by atoms with Crippen molar-refractivity contribution in [3.8, 4) is 17.2 Å². The van der Waals surface area contributed by atoms with Gasteiger partial charge in [0.1, 0.15) is 25.6 Å². The Morgan fingerprint density at radius 1 is 0.565 bits per heavy atom. The first kappa shape index (κ1) is 36.3. The number of esters is 3. The lowest BCUT2D eigenvalue weighted by Crippen LogP contribution is -2.32. The molecule has 0 aliphatic carbocycles. The van der Waals surface area contributed by atoms with E-state index >= 15 is 0 Å². The van der Waals surface area contributed by atoms with Gasteiger partial charge in [0.2, 0.25) is 0 Å². The number of ether oxygens (including phenoxy) is 6. The summed E-state index contributed by atoms with van der Waals surface area (Å²) >= 11 is 0. The van der Waals surface area contributed by atoms with Gasteiger partial charge in [0.25, 0.3) is 0 Å². The smallest absolute Gasteiger partial charge is 0.412 e. The van der Waals surface area contributed by atoms with Crippen LogP contribution in [-0.4, -0.2) is 75.6 Å². The van der Waals surface area contributed by atoms with Crippen LogP contribution < -0.4 is 30.2 Å². The quantitative estimate of drug-likeness (QED) is 0.111. The first-order valence-corrected chi connectivity index (χ1v) is 13.7. The van der Waals surface area contributed by atoms with E-state index in [0.717, 1.165) is 6.07 Å². The second-order valence-corrected chi connectivity index (χ2v) is 9.45. The fraction of sp³-hybridized carbons (Fsp3) is 0.290. The Bertz CT molecular complexity index is 1530. The molecule has 15 heteroatoms. The number of nitrogens with one attached hydrogen (secondary N) is 3. The third-order valence-electron chi connectivity index (χ3n) is 5.38. The van der Waals surface area contributed by atoms with E-state index in [0.29, 0.717) is 5.39 Å². The second-order valence-electron chi connectivity index (χ2n) is 9.45. The molecule has 46 heavy (non-hydrogen) atoms. The SMILES string of the molecule is C=C(C)C(=O)OCCNC(=O)Oc1cc(OC(=O)NCCOC(=O)C(=C)C)c2ccccc2c1OC(=O)NCCOC(=O)C(=C)C. The second kappa shape index (κ2) is 18.1. The van der Waals surface area contributed by atoms with Crippen molar-refractivity contribution in [2.45, 2.75) is 20.8 Å². The number of rotatable bonds is 15. The van der Waals surface area contributed by atoms with Crippen LogP contribution in [0.3, 0.4) is 0 Å². The van der Waals surface area contributed by atoms with E-state index in [2.05, 4.69) is 35.7 Å². The van der Waals surface area contributed by atoms with Crippen molar-refractivity contribution in [3.05, 3.63) is 66.8 Å². The number of hydrogen-bond donors (Lipinski definition) is 3. The lowest BCUT2D eigenvalue weighted by atomic mass is 10.1. The molecule has 0 aliphatic heterocycles. The third kappa shape index (κ3) is 12.0. The largest absolute Gasteiger partial charge is 0.460 e. The van der Waals surface area contributed by atoms with E-state index in [9.17, 15) is 28.8 Å². The molecule has 0 saturated heterocycles. The van der Waals surface area contributed by atoms with Gasteiger partial charge in [-0.3, -0.25) is 0 Å². The van der Waals surface area contributed by atoms with Gasteiger partial charge in [0, 0.05) is 33.6 Å². The zero-order valence-electron chi connectivity index (χ0n) is 25.6. The molecule has 3 N–H and O–H groups in total. The predicted octanol–water partition coefficient (Wildman–Crippen LogP) is 3.46. The standard InChI is InChI=1S/C31H35N3O12/c1-18(2)26(35)41-14-11-32-29(38)44-23-17-24(45-30(39)33-12-15-42-27(36)19(3)4)25(22-10-8-7-9-21(22)23)46-31(40)34-13-16-43-28(37)20(5)6/h7-10,17H,1,3,5,11-16H2,2,4,6H3,(H,32,38)(H,33,39)(H,34,40). The number of amides is 3. The molecule has 246 valence electrons. The van der Waals surface area contributed by atoms with Crippen LogP contribution >= 0.6 is 0 Å². The highest BCUT2D eigenvalue weighted by molar-refractivity contribution is 5.99. The van der Waals surface area contributed by atoms with Crippen LogP contribution in [0.15, 0.2) is 66.8 Å². The first-order chi connectivity index (χ1) is 21.8. The molecule has 0 heterocycles. The van der Waals surface area contributed by atoms with Crippen molar-refractivity contribution in [2.24, 2.45) is 0 Å². The molecule has 0 radical (unpaired) electrons. The van der Waals surface area contributed by atoms with Crippen molar-refractivity contribution in [1.29, 1.82) is 0 Å². The zero-order chi connectivity index (χ0) is 34.2. The topological polar surface area (TPSA) is 194 Å². The van der Waals surface area contributed by atoms with E-state index < -0.39 is 36.2 Å².